The Balaban J connectivity index is 1.90. The Bertz CT molecular complexity index is 690. The van der Waals surface area contributed by atoms with Gasteiger partial charge in [0.15, 0.2) is 9.92 Å². The molecule has 0 radical (unpaired) electrons. The Morgan fingerprint density at radius 2 is 2.28 bits per heavy atom. The number of benzene rings is 1. The quantitative estimate of drug-likeness (QED) is 0.741. The third-order valence-corrected chi connectivity index (χ3v) is 4.30. The molecular formula is C12H11N3OS2. The Morgan fingerprint density at radius 1 is 1.39 bits per heavy atom. The fourth-order valence-corrected chi connectivity index (χ4v) is 3.30. The second-order valence-electron chi connectivity index (χ2n) is 3.77. The normalized spacial score (nSPS) is 11.2. The lowest BCUT2D eigenvalue weighted by molar-refractivity contribution is 0.489. The average Bonchev–Trinajstić information content (AvgIpc) is 2.95. The largest absolute Gasteiger partial charge is 0.431 e. The monoisotopic (exact) mass is 277 g/mol. The van der Waals surface area contributed by atoms with Crippen molar-refractivity contribution in [2.24, 2.45) is 0 Å². The number of nitrogen functional groups attached to an aromatic ring is 1. The van der Waals surface area contributed by atoms with Crippen LogP contribution in [0.25, 0.3) is 11.1 Å². The lowest BCUT2D eigenvalue weighted by Gasteiger charge is -1.89. The second-order valence-corrected chi connectivity index (χ2v) is 5.82. The van der Waals surface area contributed by atoms with Crippen LogP contribution in [0.1, 0.15) is 12.6 Å². The van der Waals surface area contributed by atoms with Gasteiger partial charge in [-0.1, -0.05) is 6.92 Å². The summed E-state index contributed by atoms with van der Waals surface area (Å²) in [5.41, 5.74) is 9.01. The van der Waals surface area contributed by atoms with Gasteiger partial charge in [0.1, 0.15) is 5.52 Å². The van der Waals surface area contributed by atoms with Crippen molar-refractivity contribution in [1.29, 1.82) is 0 Å². The molecule has 0 aliphatic rings. The molecule has 0 saturated heterocycles. The van der Waals surface area contributed by atoms with Gasteiger partial charge >= 0.3 is 0 Å². The Morgan fingerprint density at radius 3 is 3.06 bits per heavy atom. The summed E-state index contributed by atoms with van der Waals surface area (Å²) in [6.45, 7) is 2.09. The smallest absolute Gasteiger partial charge is 0.263 e. The maximum Gasteiger partial charge on any atom is 0.263 e. The van der Waals surface area contributed by atoms with Crippen molar-refractivity contribution in [2.45, 2.75) is 22.9 Å². The van der Waals surface area contributed by atoms with Crippen molar-refractivity contribution >= 4 is 39.9 Å². The van der Waals surface area contributed by atoms with E-state index in [4.69, 9.17) is 10.2 Å². The maximum absolute atomic E-state index is 5.70. The zero-order valence-corrected chi connectivity index (χ0v) is 11.3. The summed E-state index contributed by atoms with van der Waals surface area (Å²) < 4.78 is 6.58. The first-order valence-electron chi connectivity index (χ1n) is 5.53. The summed E-state index contributed by atoms with van der Waals surface area (Å²) in [5.74, 6) is 0. The zero-order chi connectivity index (χ0) is 12.5. The molecule has 4 nitrogen and oxygen atoms in total. The van der Waals surface area contributed by atoms with E-state index in [2.05, 4.69) is 22.3 Å². The molecule has 2 heterocycles. The Hall–Kier alpha value is -1.53. The van der Waals surface area contributed by atoms with Crippen LogP contribution in [-0.2, 0) is 6.42 Å². The number of nitrogens with two attached hydrogens (primary N) is 1. The van der Waals surface area contributed by atoms with Gasteiger partial charge in [-0.05, 0) is 18.6 Å². The van der Waals surface area contributed by atoms with E-state index in [0.29, 0.717) is 16.5 Å². The van der Waals surface area contributed by atoms with Gasteiger partial charge in [-0.15, -0.1) is 11.3 Å². The topological polar surface area (TPSA) is 64.9 Å². The van der Waals surface area contributed by atoms with Crippen LogP contribution in [0, 0.1) is 0 Å². The van der Waals surface area contributed by atoms with Crippen LogP contribution in [-0.4, -0.2) is 9.97 Å². The standard InChI is InChI=1S/C12H11N3OS2/c1-2-8-6-17-12(14-8)18-11-15-9-4-3-7(13)5-10(9)16-11/h3-6H,2,13H2,1H3. The number of anilines is 1. The molecule has 3 aromatic rings. The minimum atomic E-state index is 0.604. The highest BCUT2D eigenvalue weighted by atomic mass is 32.2. The van der Waals surface area contributed by atoms with Crippen molar-refractivity contribution in [2.75, 3.05) is 5.73 Å². The predicted molar refractivity (Wildman–Crippen MR) is 74.0 cm³/mol. The number of thiazole rings is 1. The molecule has 0 atom stereocenters. The fraction of sp³-hybridized carbons (Fsp3) is 0.167. The zero-order valence-electron chi connectivity index (χ0n) is 9.71. The van der Waals surface area contributed by atoms with Crippen molar-refractivity contribution in [3.63, 3.8) is 0 Å². The SMILES string of the molecule is CCc1csc(Sc2nc3ccc(N)cc3o2)n1. The molecular weight excluding hydrogens is 266 g/mol. The van der Waals surface area contributed by atoms with Gasteiger partial charge < -0.3 is 10.2 Å². The first kappa shape index (κ1) is 11.6. The molecule has 0 aliphatic heterocycles. The lowest BCUT2D eigenvalue weighted by atomic mass is 10.3. The first-order chi connectivity index (χ1) is 8.74. The molecule has 2 N–H and O–H groups in total. The molecule has 0 saturated carbocycles. The molecule has 0 fully saturated rings. The number of aryl methyl sites for hydroxylation is 1. The highest BCUT2D eigenvalue weighted by molar-refractivity contribution is 8.00. The molecule has 0 bridgehead atoms. The second kappa shape index (κ2) is 4.62. The molecule has 2 aromatic heterocycles. The predicted octanol–water partition coefficient (Wildman–Crippen LogP) is 3.58. The molecule has 0 spiro atoms. The minimum Gasteiger partial charge on any atom is -0.431 e. The number of fused-ring (bicyclic) bond motifs is 1. The van der Waals surface area contributed by atoms with Crippen LogP contribution in [0.15, 0.2) is 37.6 Å². The fourth-order valence-electron chi connectivity index (χ4n) is 1.54. The molecule has 0 unspecified atom stereocenters. The van der Waals surface area contributed by atoms with Crippen LogP contribution >= 0.6 is 23.1 Å². The summed E-state index contributed by atoms with van der Waals surface area (Å²) in [5, 5.41) is 2.66. The summed E-state index contributed by atoms with van der Waals surface area (Å²) in [6.07, 6.45) is 0.946. The van der Waals surface area contributed by atoms with Crippen LogP contribution in [0.2, 0.25) is 0 Å². The lowest BCUT2D eigenvalue weighted by Crippen LogP contribution is -1.81. The van der Waals surface area contributed by atoms with Crippen LogP contribution in [0.4, 0.5) is 5.69 Å². The van der Waals surface area contributed by atoms with Crippen molar-refractivity contribution in [3.05, 3.63) is 29.3 Å². The summed E-state index contributed by atoms with van der Waals surface area (Å²) in [7, 11) is 0. The van der Waals surface area contributed by atoms with E-state index in [0.717, 1.165) is 22.0 Å². The number of rotatable bonds is 3. The van der Waals surface area contributed by atoms with Crippen LogP contribution < -0.4 is 5.73 Å². The molecule has 18 heavy (non-hydrogen) atoms. The van der Waals surface area contributed by atoms with Crippen LogP contribution in [0.5, 0.6) is 0 Å². The third kappa shape index (κ3) is 2.21. The van der Waals surface area contributed by atoms with E-state index in [-0.39, 0.29) is 0 Å². The maximum atomic E-state index is 5.70. The molecule has 6 heteroatoms. The van der Waals surface area contributed by atoms with Gasteiger partial charge in [0.2, 0.25) is 0 Å². The van der Waals surface area contributed by atoms with Gasteiger partial charge in [0.05, 0.1) is 5.69 Å². The molecule has 0 aliphatic carbocycles. The third-order valence-electron chi connectivity index (χ3n) is 2.46. The van der Waals surface area contributed by atoms with E-state index < -0.39 is 0 Å². The number of hydrogen-bond donors (Lipinski definition) is 1. The highest BCUT2D eigenvalue weighted by Crippen LogP contribution is 2.32. The first-order valence-corrected chi connectivity index (χ1v) is 7.22. The van der Waals surface area contributed by atoms with Gasteiger partial charge in [-0.3, -0.25) is 0 Å². The summed E-state index contributed by atoms with van der Waals surface area (Å²) in [4.78, 5) is 8.86. The number of nitrogens with zero attached hydrogens (tertiary/aromatic N) is 2. The van der Waals surface area contributed by atoms with Crippen molar-refractivity contribution in [3.8, 4) is 0 Å². The van der Waals surface area contributed by atoms with Gasteiger partial charge in [0.25, 0.3) is 5.22 Å². The average molecular weight is 277 g/mol. The van der Waals surface area contributed by atoms with E-state index in [9.17, 15) is 0 Å². The number of hydrogen-bond acceptors (Lipinski definition) is 6. The Labute approximate surface area is 112 Å². The number of oxazole rings is 1. The molecule has 3 rings (SSSR count). The Kier molecular flexibility index (Phi) is 2.97. The van der Waals surface area contributed by atoms with Crippen molar-refractivity contribution < 1.29 is 4.42 Å². The van der Waals surface area contributed by atoms with Gasteiger partial charge in [0, 0.05) is 28.9 Å². The molecule has 0 amide bonds. The van der Waals surface area contributed by atoms with E-state index in [1.165, 1.54) is 11.8 Å². The van der Waals surface area contributed by atoms with E-state index in [1.807, 2.05) is 12.1 Å². The van der Waals surface area contributed by atoms with E-state index in [1.54, 1.807) is 17.4 Å². The summed E-state index contributed by atoms with van der Waals surface area (Å²) >= 11 is 3.05. The van der Waals surface area contributed by atoms with Gasteiger partial charge in [-0.2, -0.15) is 0 Å². The number of aromatic nitrogens is 2. The minimum absolute atomic E-state index is 0.604. The highest BCUT2D eigenvalue weighted by Gasteiger charge is 2.10. The van der Waals surface area contributed by atoms with Crippen molar-refractivity contribution in [1.82, 2.24) is 9.97 Å². The molecule has 1 aromatic carbocycles. The van der Waals surface area contributed by atoms with Crippen LogP contribution in [0.3, 0.4) is 0 Å². The van der Waals surface area contributed by atoms with Gasteiger partial charge in [-0.25, -0.2) is 9.97 Å². The molecule has 92 valence electrons. The van der Waals surface area contributed by atoms with E-state index >= 15 is 0 Å². The summed E-state index contributed by atoms with van der Waals surface area (Å²) in [6, 6.07) is 5.46.